The lowest BCUT2D eigenvalue weighted by Gasteiger charge is -2.25. The summed E-state index contributed by atoms with van der Waals surface area (Å²) >= 11 is 0. The first-order chi connectivity index (χ1) is 32.2. The average molecular weight is 882 g/mol. The van der Waals surface area contributed by atoms with E-state index in [1.807, 2.05) is 64.2 Å². The van der Waals surface area contributed by atoms with Gasteiger partial charge < -0.3 is 34.1 Å². The monoisotopic (exact) mass is 881 g/mol. The van der Waals surface area contributed by atoms with Gasteiger partial charge in [0.2, 0.25) is 11.6 Å². The van der Waals surface area contributed by atoms with E-state index in [0.717, 1.165) is 67.8 Å². The van der Waals surface area contributed by atoms with Crippen LogP contribution in [0.15, 0.2) is 88.0 Å². The molecule has 1 aliphatic heterocycles. The highest BCUT2D eigenvalue weighted by Gasteiger charge is 2.35. The Morgan fingerprint density at radius 1 is 0.788 bits per heavy atom. The Bertz CT molecular complexity index is 2980. The molecule has 66 heavy (non-hydrogen) atoms. The predicted octanol–water partition coefficient (Wildman–Crippen LogP) is 8.58. The minimum absolute atomic E-state index is 0.0474. The average Bonchev–Trinajstić information content (AvgIpc) is 4.19. The molecule has 4 heterocycles. The van der Waals surface area contributed by atoms with Crippen molar-refractivity contribution < 1.29 is 18.5 Å². The van der Waals surface area contributed by atoms with Gasteiger partial charge in [0.1, 0.15) is 35.6 Å². The Morgan fingerprint density at radius 3 is 2.06 bits per heavy atom. The molecule has 0 radical (unpaired) electrons. The maximum atomic E-state index is 10.2. The fourth-order valence-electron chi connectivity index (χ4n) is 9.76. The highest BCUT2D eigenvalue weighted by atomic mass is 16.5. The van der Waals surface area contributed by atoms with Gasteiger partial charge in [-0.3, -0.25) is 4.90 Å². The van der Waals surface area contributed by atoms with Crippen LogP contribution in [-0.4, -0.2) is 73.0 Å². The van der Waals surface area contributed by atoms with Crippen molar-refractivity contribution in [2.75, 3.05) is 19.6 Å². The molecule has 3 aromatic heterocycles. The van der Waals surface area contributed by atoms with Crippen LogP contribution in [0.1, 0.15) is 97.0 Å². The number of imidazole rings is 1. The van der Waals surface area contributed by atoms with E-state index >= 15 is 0 Å². The first kappa shape index (κ1) is 42.8. The minimum atomic E-state index is -0.180. The molecule has 4 atom stereocenters. The van der Waals surface area contributed by atoms with E-state index in [9.17, 15) is 10.5 Å². The third-order valence-electron chi connectivity index (χ3n) is 12.9. The van der Waals surface area contributed by atoms with Gasteiger partial charge >= 0.3 is 0 Å². The lowest BCUT2D eigenvalue weighted by atomic mass is 10.0. The maximum absolute atomic E-state index is 10.2. The van der Waals surface area contributed by atoms with Crippen LogP contribution in [-0.2, 0) is 19.4 Å². The molecule has 334 valence electrons. The predicted molar refractivity (Wildman–Crippen MR) is 246 cm³/mol. The van der Waals surface area contributed by atoms with Gasteiger partial charge in [0, 0.05) is 71.9 Å². The van der Waals surface area contributed by atoms with Crippen molar-refractivity contribution in [3.8, 4) is 69.3 Å². The van der Waals surface area contributed by atoms with Gasteiger partial charge in [-0.1, -0.05) is 46.7 Å². The molecular weight excluding hydrogens is 831 g/mol. The lowest BCUT2D eigenvalue weighted by molar-refractivity contribution is 0.205. The number of rotatable bonds is 15. The second-order valence-electron chi connectivity index (χ2n) is 17.8. The van der Waals surface area contributed by atoms with Crippen LogP contribution in [0.25, 0.3) is 45.7 Å². The first-order valence-electron chi connectivity index (χ1n) is 22.8. The SMILES string of the molecule is Cc1cnc(CN[C@H]2CCc3c(-c4noc(-c5ccc(OC(C)CN[C@H]6CCN(C7CCc8c(-c9noc(-c%10ccc(OC(C)C)c(C#N)c%10)n9)cccc87)C6)c(C#N)c5)n4)cccc32)[nH]1. The Balaban J connectivity index is 0.738. The number of aromatic nitrogens is 6. The number of benzene rings is 4. The normalized spacial score (nSPS) is 18.3. The molecule has 3 N–H and O–H groups in total. The zero-order valence-electron chi connectivity index (χ0n) is 37.5. The van der Waals surface area contributed by atoms with Crippen LogP contribution in [0, 0.1) is 29.6 Å². The third kappa shape index (κ3) is 8.68. The maximum Gasteiger partial charge on any atom is 0.258 e. The third-order valence-corrected chi connectivity index (χ3v) is 12.9. The molecule has 10 rings (SSSR count). The second kappa shape index (κ2) is 18.4. The summed E-state index contributed by atoms with van der Waals surface area (Å²) in [5, 5.41) is 36.0. The van der Waals surface area contributed by atoms with Gasteiger partial charge in [-0.05, 0) is 118 Å². The van der Waals surface area contributed by atoms with Gasteiger partial charge in [-0.25, -0.2) is 4.98 Å². The van der Waals surface area contributed by atoms with E-state index in [1.54, 1.807) is 18.2 Å². The number of hydrogen-bond acceptors (Lipinski definition) is 14. The molecule has 0 bridgehead atoms. The summed E-state index contributed by atoms with van der Waals surface area (Å²) in [6.45, 7) is 11.1. The number of nitrogens with one attached hydrogen (secondary N) is 3. The van der Waals surface area contributed by atoms with Crippen molar-refractivity contribution in [2.45, 2.75) is 96.7 Å². The summed E-state index contributed by atoms with van der Waals surface area (Å²) in [6.07, 6.45) is 6.46. The van der Waals surface area contributed by atoms with Gasteiger partial charge in [-0.15, -0.1) is 0 Å². The lowest BCUT2D eigenvalue weighted by Crippen LogP contribution is -2.39. The van der Waals surface area contributed by atoms with Crippen LogP contribution in [0.2, 0.25) is 0 Å². The van der Waals surface area contributed by atoms with Gasteiger partial charge in [-0.2, -0.15) is 20.5 Å². The zero-order valence-corrected chi connectivity index (χ0v) is 37.5. The van der Waals surface area contributed by atoms with Crippen molar-refractivity contribution in [1.82, 2.24) is 45.8 Å². The van der Waals surface area contributed by atoms with E-state index in [1.165, 1.54) is 22.3 Å². The molecule has 0 amide bonds. The molecule has 1 fully saturated rings. The number of nitriles is 2. The standard InChI is InChI=1S/C51H51N11O4/c1-29(2)63-45-17-11-32(21-34(45)23-52)50-59-49(61-66-50)42-10-6-8-40-38(42)14-16-44(40)62-20-19-36(28-62)54-26-31(4)64-46-18-12-33(22-35(46)24-53)51-58-48(60-65-51)41-9-5-7-39-37(41)13-15-43(39)55-27-47-56-25-30(3)57-47/h5-12,17-18,21-22,25,29,31,36,43-44,54-55H,13-16,19-20,26-28H2,1-4H3,(H,56,57)/t31?,36-,43-,44?/m0/s1. The topological polar surface area (TPSA) is 200 Å². The Morgan fingerprint density at radius 2 is 1.42 bits per heavy atom. The summed E-state index contributed by atoms with van der Waals surface area (Å²) < 4.78 is 23.6. The number of fused-ring (bicyclic) bond motifs is 2. The number of ether oxygens (including phenoxy) is 2. The summed E-state index contributed by atoms with van der Waals surface area (Å²) in [7, 11) is 0. The number of H-pyrrole nitrogens is 1. The molecule has 4 aromatic carbocycles. The number of likely N-dealkylation sites (tertiary alicyclic amines) is 1. The molecule has 2 unspecified atom stereocenters. The summed E-state index contributed by atoms with van der Waals surface area (Å²) in [6, 6.07) is 28.7. The van der Waals surface area contributed by atoms with Gasteiger partial charge in [0.25, 0.3) is 11.8 Å². The van der Waals surface area contributed by atoms with E-state index in [-0.39, 0.29) is 18.2 Å². The second-order valence-corrected chi connectivity index (χ2v) is 17.8. The highest BCUT2D eigenvalue weighted by molar-refractivity contribution is 5.69. The van der Waals surface area contributed by atoms with E-state index < -0.39 is 0 Å². The van der Waals surface area contributed by atoms with E-state index in [4.69, 9.17) is 28.5 Å². The molecule has 1 saturated heterocycles. The summed E-state index contributed by atoms with van der Waals surface area (Å²) in [5.74, 6) is 3.75. The quantitative estimate of drug-likeness (QED) is 0.0884. The van der Waals surface area contributed by atoms with Crippen molar-refractivity contribution in [2.24, 2.45) is 0 Å². The molecule has 2 aliphatic carbocycles. The number of aryl methyl sites for hydroxylation is 1. The van der Waals surface area contributed by atoms with Gasteiger partial charge in [0.15, 0.2) is 0 Å². The van der Waals surface area contributed by atoms with Crippen molar-refractivity contribution in [1.29, 1.82) is 10.5 Å². The van der Waals surface area contributed by atoms with E-state index in [2.05, 4.69) is 72.2 Å². The Hall–Kier alpha value is -7.17. The van der Waals surface area contributed by atoms with Crippen molar-refractivity contribution in [3.63, 3.8) is 0 Å². The minimum Gasteiger partial charge on any atom is -0.490 e. The summed E-state index contributed by atoms with van der Waals surface area (Å²) in [5.41, 5.74) is 10.2. The van der Waals surface area contributed by atoms with Crippen LogP contribution in [0.5, 0.6) is 11.5 Å². The molecule has 0 spiro atoms. The molecule has 3 aliphatic rings. The number of nitrogens with zero attached hydrogens (tertiary/aromatic N) is 8. The van der Waals surface area contributed by atoms with Crippen LogP contribution < -0.4 is 20.1 Å². The highest BCUT2D eigenvalue weighted by Crippen LogP contribution is 2.42. The zero-order chi connectivity index (χ0) is 45.3. The Kier molecular flexibility index (Phi) is 11.9. The number of hydrogen-bond donors (Lipinski definition) is 3. The Labute approximate surface area is 383 Å². The number of aromatic amines is 1. The molecule has 7 aromatic rings. The first-order valence-corrected chi connectivity index (χ1v) is 22.8. The summed E-state index contributed by atoms with van der Waals surface area (Å²) in [4.78, 5) is 19.8. The molecule has 15 nitrogen and oxygen atoms in total. The van der Waals surface area contributed by atoms with Gasteiger partial charge in [0.05, 0.1) is 23.8 Å². The van der Waals surface area contributed by atoms with Crippen molar-refractivity contribution >= 4 is 0 Å². The molecular formula is C51H51N11O4. The van der Waals surface area contributed by atoms with E-state index in [0.29, 0.717) is 82.4 Å². The smallest absolute Gasteiger partial charge is 0.258 e. The molecule has 0 saturated carbocycles. The van der Waals surface area contributed by atoms with Crippen molar-refractivity contribution in [3.05, 3.63) is 124 Å². The van der Waals surface area contributed by atoms with Crippen LogP contribution in [0.3, 0.4) is 0 Å². The fourth-order valence-corrected chi connectivity index (χ4v) is 9.76. The van der Waals surface area contributed by atoms with Crippen LogP contribution >= 0.6 is 0 Å². The van der Waals surface area contributed by atoms with Crippen LogP contribution in [0.4, 0.5) is 0 Å². The molecule has 15 heteroatoms. The largest absolute Gasteiger partial charge is 0.490 e. The fraction of sp³-hybridized carbons (Fsp3) is 0.353.